The first kappa shape index (κ1) is 24.2. The van der Waals surface area contributed by atoms with Gasteiger partial charge in [0.1, 0.15) is 5.82 Å². The summed E-state index contributed by atoms with van der Waals surface area (Å²) in [5.74, 6) is 1.81. The fourth-order valence-electron chi connectivity index (χ4n) is 4.33. The van der Waals surface area contributed by atoms with Crippen LogP contribution in [-0.4, -0.2) is 47.9 Å². The molecule has 2 fully saturated rings. The molecule has 1 saturated heterocycles. The van der Waals surface area contributed by atoms with Gasteiger partial charge >= 0.3 is 0 Å². The summed E-state index contributed by atoms with van der Waals surface area (Å²) in [5, 5.41) is 2.86. The number of nitrogens with zero attached hydrogens (tertiary/aromatic N) is 3. The lowest BCUT2D eigenvalue weighted by Gasteiger charge is -2.31. The molecule has 1 aliphatic carbocycles. The highest BCUT2D eigenvalue weighted by atomic mass is 16.1. The van der Waals surface area contributed by atoms with Crippen LogP contribution in [0, 0.1) is 5.92 Å². The van der Waals surface area contributed by atoms with Gasteiger partial charge in [-0.3, -0.25) is 9.59 Å². The van der Waals surface area contributed by atoms with Crippen molar-refractivity contribution >= 4 is 23.8 Å². The fourth-order valence-corrected chi connectivity index (χ4v) is 4.33. The minimum atomic E-state index is 0.0589. The Hall–Kier alpha value is -2.11. The van der Waals surface area contributed by atoms with Crippen molar-refractivity contribution in [1.82, 2.24) is 9.88 Å². The number of nitrogens with one attached hydrogen (secondary N) is 1. The topological polar surface area (TPSA) is 65.5 Å². The first-order valence-corrected chi connectivity index (χ1v) is 11.8. The van der Waals surface area contributed by atoms with Gasteiger partial charge in [0.25, 0.3) is 0 Å². The molecule has 6 heteroatoms. The number of rotatable bonds is 7. The van der Waals surface area contributed by atoms with E-state index in [1.807, 2.05) is 30.9 Å². The van der Waals surface area contributed by atoms with Crippen molar-refractivity contribution in [3.05, 3.63) is 18.3 Å². The molecule has 6 nitrogen and oxygen atoms in total. The van der Waals surface area contributed by atoms with Gasteiger partial charge < -0.3 is 15.1 Å². The zero-order valence-electron chi connectivity index (χ0n) is 19.1. The Balaban J connectivity index is 0.000000248. The van der Waals surface area contributed by atoms with Crippen LogP contribution < -0.4 is 10.2 Å². The second kappa shape index (κ2) is 13.2. The number of carbonyl (C=O) groups is 2. The van der Waals surface area contributed by atoms with Crippen molar-refractivity contribution in [2.75, 3.05) is 29.9 Å². The summed E-state index contributed by atoms with van der Waals surface area (Å²) < 4.78 is 0. The minimum Gasteiger partial charge on any atom is -0.356 e. The SMILES string of the molecule is CCCC(=O)Nc1ccc(N2CCCC(C)C2)nc1.CCN(C=O)C1CCCCC1. The molecule has 1 unspecified atom stereocenters. The molecule has 0 spiro atoms. The van der Waals surface area contributed by atoms with Crippen LogP contribution in [0.3, 0.4) is 0 Å². The molecule has 1 aromatic rings. The van der Waals surface area contributed by atoms with E-state index >= 15 is 0 Å². The van der Waals surface area contributed by atoms with E-state index in [0.29, 0.717) is 12.5 Å². The van der Waals surface area contributed by atoms with Crippen molar-refractivity contribution in [1.29, 1.82) is 0 Å². The van der Waals surface area contributed by atoms with Crippen LogP contribution in [-0.2, 0) is 9.59 Å². The van der Waals surface area contributed by atoms with E-state index in [0.717, 1.165) is 49.9 Å². The molecule has 0 radical (unpaired) electrons. The molecular formula is C24H40N4O2. The number of hydrogen-bond acceptors (Lipinski definition) is 4. The van der Waals surface area contributed by atoms with E-state index in [2.05, 4.69) is 22.1 Å². The van der Waals surface area contributed by atoms with Gasteiger partial charge in [0.15, 0.2) is 0 Å². The summed E-state index contributed by atoms with van der Waals surface area (Å²) in [6.07, 6.45) is 13.1. The van der Waals surface area contributed by atoms with Crippen LogP contribution >= 0.6 is 0 Å². The third kappa shape index (κ3) is 7.96. The van der Waals surface area contributed by atoms with Gasteiger partial charge in [-0.15, -0.1) is 0 Å². The summed E-state index contributed by atoms with van der Waals surface area (Å²) >= 11 is 0. The number of hydrogen-bond donors (Lipinski definition) is 1. The zero-order chi connectivity index (χ0) is 21.8. The molecule has 1 saturated carbocycles. The Bertz CT molecular complexity index is 629. The van der Waals surface area contributed by atoms with E-state index in [4.69, 9.17) is 0 Å². The molecule has 1 N–H and O–H groups in total. The smallest absolute Gasteiger partial charge is 0.224 e. The minimum absolute atomic E-state index is 0.0589. The van der Waals surface area contributed by atoms with Gasteiger partial charge in [-0.25, -0.2) is 4.98 Å². The Morgan fingerprint density at radius 1 is 1.20 bits per heavy atom. The average Bonchev–Trinajstić information content (AvgIpc) is 2.77. The highest BCUT2D eigenvalue weighted by molar-refractivity contribution is 5.90. The molecule has 0 bridgehead atoms. The maximum Gasteiger partial charge on any atom is 0.224 e. The van der Waals surface area contributed by atoms with Gasteiger partial charge in [-0.05, 0) is 57.1 Å². The molecule has 1 aromatic heterocycles. The predicted octanol–water partition coefficient (Wildman–Crippen LogP) is 4.85. The third-order valence-corrected chi connectivity index (χ3v) is 6.03. The van der Waals surface area contributed by atoms with Crippen molar-refractivity contribution in [3.8, 4) is 0 Å². The molecule has 1 atom stereocenters. The first-order valence-electron chi connectivity index (χ1n) is 11.8. The van der Waals surface area contributed by atoms with E-state index < -0.39 is 0 Å². The normalized spacial score (nSPS) is 19.4. The molecule has 0 aromatic carbocycles. The number of anilines is 2. The number of carbonyl (C=O) groups excluding carboxylic acids is 2. The second-order valence-corrected chi connectivity index (χ2v) is 8.62. The predicted molar refractivity (Wildman–Crippen MR) is 124 cm³/mol. The number of aromatic nitrogens is 1. The summed E-state index contributed by atoms with van der Waals surface area (Å²) in [6.45, 7) is 9.36. The summed E-state index contributed by atoms with van der Waals surface area (Å²) in [4.78, 5) is 30.8. The molecule has 168 valence electrons. The summed E-state index contributed by atoms with van der Waals surface area (Å²) in [6, 6.07) is 4.49. The van der Waals surface area contributed by atoms with Crippen molar-refractivity contribution < 1.29 is 9.59 Å². The highest BCUT2D eigenvalue weighted by Gasteiger charge is 2.18. The van der Waals surface area contributed by atoms with Crippen LogP contribution in [0.5, 0.6) is 0 Å². The Kier molecular flexibility index (Phi) is 10.7. The van der Waals surface area contributed by atoms with Crippen LogP contribution in [0.2, 0.25) is 0 Å². The number of amides is 2. The Morgan fingerprint density at radius 3 is 2.53 bits per heavy atom. The third-order valence-electron chi connectivity index (χ3n) is 6.03. The average molecular weight is 417 g/mol. The van der Waals surface area contributed by atoms with E-state index in [9.17, 15) is 9.59 Å². The number of pyridine rings is 1. The van der Waals surface area contributed by atoms with Gasteiger partial charge in [0, 0.05) is 32.1 Å². The van der Waals surface area contributed by atoms with Crippen molar-refractivity contribution in [3.63, 3.8) is 0 Å². The Morgan fingerprint density at radius 2 is 1.97 bits per heavy atom. The second-order valence-electron chi connectivity index (χ2n) is 8.62. The molecule has 2 aliphatic rings. The van der Waals surface area contributed by atoms with Crippen LogP contribution in [0.1, 0.15) is 78.6 Å². The fraction of sp³-hybridized carbons (Fsp3) is 0.708. The monoisotopic (exact) mass is 416 g/mol. The van der Waals surface area contributed by atoms with Crippen LogP contribution in [0.25, 0.3) is 0 Å². The number of piperidine rings is 1. The summed E-state index contributed by atoms with van der Waals surface area (Å²) in [5.41, 5.74) is 0.784. The molecule has 30 heavy (non-hydrogen) atoms. The van der Waals surface area contributed by atoms with Crippen LogP contribution in [0.4, 0.5) is 11.5 Å². The maximum absolute atomic E-state index is 11.5. The largest absolute Gasteiger partial charge is 0.356 e. The van der Waals surface area contributed by atoms with Gasteiger partial charge in [-0.1, -0.05) is 33.1 Å². The lowest BCUT2D eigenvalue weighted by molar-refractivity contribution is -0.120. The maximum atomic E-state index is 11.5. The van der Waals surface area contributed by atoms with E-state index in [1.54, 1.807) is 6.20 Å². The molecule has 2 heterocycles. The summed E-state index contributed by atoms with van der Waals surface area (Å²) in [7, 11) is 0. The molecule has 2 amide bonds. The highest BCUT2D eigenvalue weighted by Crippen LogP contribution is 2.22. The standard InChI is InChI=1S/C15H23N3O.C9H17NO/c1-3-5-15(19)17-13-7-8-14(16-10-13)18-9-4-6-12(2)11-18;1-2-10(8-11)9-6-4-3-5-7-9/h7-8,10,12H,3-6,9,11H2,1-2H3,(H,17,19);8-9H,2-7H2,1H3. The van der Waals surface area contributed by atoms with E-state index in [-0.39, 0.29) is 5.91 Å². The molecule has 3 rings (SSSR count). The first-order chi connectivity index (χ1) is 14.6. The van der Waals surface area contributed by atoms with Crippen molar-refractivity contribution in [2.24, 2.45) is 5.92 Å². The van der Waals surface area contributed by atoms with Crippen LogP contribution in [0.15, 0.2) is 18.3 Å². The van der Waals surface area contributed by atoms with Gasteiger partial charge in [0.05, 0.1) is 11.9 Å². The van der Waals surface area contributed by atoms with Crippen molar-refractivity contribution in [2.45, 2.75) is 84.6 Å². The Labute approximate surface area is 182 Å². The van der Waals surface area contributed by atoms with Gasteiger partial charge in [0.2, 0.25) is 12.3 Å². The zero-order valence-corrected chi connectivity index (χ0v) is 19.1. The quantitative estimate of drug-likeness (QED) is 0.645. The van der Waals surface area contributed by atoms with Gasteiger partial charge in [-0.2, -0.15) is 0 Å². The molecule has 1 aliphatic heterocycles. The lowest BCUT2D eigenvalue weighted by atomic mass is 9.94. The lowest BCUT2D eigenvalue weighted by Crippen LogP contribution is -2.35. The molecular weight excluding hydrogens is 376 g/mol. The van der Waals surface area contributed by atoms with E-state index in [1.165, 1.54) is 44.9 Å².